The van der Waals surface area contributed by atoms with E-state index in [1.165, 1.54) is 0 Å². The molecule has 1 aliphatic carbocycles. The number of alkyl halides is 3. The molecule has 0 aromatic rings. The first-order chi connectivity index (χ1) is 13.9. The molecule has 0 aliphatic heterocycles. The molecule has 7 nitrogen and oxygen atoms in total. The van der Waals surface area contributed by atoms with Gasteiger partial charge in [0.25, 0.3) is 9.70 Å². The second kappa shape index (κ2) is 11.3. The number of nitrogens with one attached hydrogen (secondary N) is 2. The summed E-state index contributed by atoms with van der Waals surface area (Å²) in [5.41, 5.74) is 1.82. The second-order valence-electron chi connectivity index (χ2n) is 6.25. The quantitative estimate of drug-likeness (QED) is 0.382. The number of nitrogens with zero attached hydrogens (tertiary/aromatic N) is 1. The van der Waals surface area contributed by atoms with E-state index in [1.54, 1.807) is 26.8 Å². The van der Waals surface area contributed by atoms with Gasteiger partial charge >= 0.3 is 12.0 Å². The SMILES string of the molecule is C/C=C1\C(=NC(C)CC)C(Br)=C(C)C(NC(=O)NC(=O)C(Cl)(Cl)Cl)=C1C(=O)OCC. The van der Waals surface area contributed by atoms with Gasteiger partial charge < -0.3 is 10.1 Å². The van der Waals surface area contributed by atoms with E-state index in [-0.39, 0.29) is 23.9 Å². The molecule has 166 valence electrons. The molecule has 11 heteroatoms. The first-order valence-electron chi connectivity index (χ1n) is 9.11. The summed E-state index contributed by atoms with van der Waals surface area (Å²) in [4.78, 5) is 41.6. The van der Waals surface area contributed by atoms with Gasteiger partial charge in [-0.2, -0.15) is 0 Å². The summed E-state index contributed by atoms with van der Waals surface area (Å²) in [6, 6.07) is -0.973. The van der Waals surface area contributed by atoms with Gasteiger partial charge in [0.05, 0.1) is 23.6 Å². The molecule has 2 N–H and O–H groups in total. The summed E-state index contributed by atoms with van der Waals surface area (Å²) in [7, 11) is 0. The van der Waals surface area contributed by atoms with Crippen molar-refractivity contribution in [1.82, 2.24) is 10.6 Å². The highest BCUT2D eigenvalue weighted by Crippen LogP contribution is 2.35. The van der Waals surface area contributed by atoms with Crippen molar-refractivity contribution in [3.8, 4) is 0 Å². The maximum absolute atomic E-state index is 12.8. The molecule has 0 heterocycles. The van der Waals surface area contributed by atoms with Gasteiger partial charge in [-0.1, -0.05) is 47.8 Å². The van der Waals surface area contributed by atoms with Crippen LogP contribution in [-0.4, -0.2) is 40.1 Å². The van der Waals surface area contributed by atoms with Gasteiger partial charge in [0.15, 0.2) is 0 Å². The Balaban J connectivity index is 3.55. The summed E-state index contributed by atoms with van der Waals surface area (Å²) in [5.74, 6) is -1.78. The van der Waals surface area contributed by atoms with E-state index in [2.05, 4.69) is 21.2 Å². The number of carbonyl (C=O) groups excluding carboxylic acids is 3. The van der Waals surface area contributed by atoms with Crippen LogP contribution in [0.4, 0.5) is 4.79 Å². The number of hydrogen-bond donors (Lipinski definition) is 2. The number of rotatable bonds is 5. The number of halogens is 4. The number of esters is 1. The number of urea groups is 1. The Morgan fingerprint density at radius 3 is 2.33 bits per heavy atom. The van der Waals surface area contributed by atoms with Crippen molar-refractivity contribution in [3.63, 3.8) is 0 Å². The van der Waals surface area contributed by atoms with Gasteiger partial charge in [0, 0.05) is 16.1 Å². The van der Waals surface area contributed by atoms with Gasteiger partial charge in [-0.3, -0.25) is 15.1 Å². The predicted molar refractivity (Wildman–Crippen MR) is 123 cm³/mol. The monoisotopic (exact) mass is 541 g/mol. The topological polar surface area (TPSA) is 96.9 Å². The van der Waals surface area contributed by atoms with E-state index in [1.807, 2.05) is 19.2 Å². The summed E-state index contributed by atoms with van der Waals surface area (Å²) >= 11 is 19.9. The molecule has 0 aromatic heterocycles. The number of imide groups is 1. The second-order valence-corrected chi connectivity index (χ2v) is 9.33. The molecule has 0 fully saturated rings. The number of aliphatic imine (C=N–C) groups is 1. The molecular weight excluding hydrogens is 520 g/mol. The molecule has 0 saturated heterocycles. The highest BCUT2D eigenvalue weighted by atomic mass is 79.9. The number of ether oxygens (including phenoxy) is 1. The molecule has 1 atom stereocenters. The average molecular weight is 544 g/mol. The minimum Gasteiger partial charge on any atom is -0.462 e. The maximum atomic E-state index is 12.8. The third kappa shape index (κ3) is 6.57. The summed E-state index contributed by atoms with van der Waals surface area (Å²) in [6.07, 6.45) is 2.50. The molecule has 1 rings (SSSR count). The van der Waals surface area contributed by atoms with Crippen LogP contribution in [0.2, 0.25) is 0 Å². The molecule has 0 aromatic carbocycles. The van der Waals surface area contributed by atoms with E-state index in [4.69, 9.17) is 44.5 Å². The molecule has 0 spiro atoms. The smallest absolute Gasteiger partial charge is 0.340 e. The first kappa shape index (κ1) is 26.7. The Hall–Kier alpha value is -1.35. The van der Waals surface area contributed by atoms with Gasteiger partial charge in [-0.05, 0) is 55.6 Å². The van der Waals surface area contributed by atoms with Crippen LogP contribution in [0.5, 0.6) is 0 Å². The van der Waals surface area contributed by atoms with Crippen LogP contribution in [-0.2, 0) is 14.3 Å². The molecule has 0 saturated carbocycles. The zero-order valence-corrected chi connectivity index (χ0v) is 21.0. The number of carbonyl (C=O) groups is 3. The number of hydrogen-bond acceptors (Lipinski definition) is 5. The Morgan fingerprint density at radius 2 is 1.87 bits per heavy atom. The fourth-order valence-corrected chi connectivity index (χ4v) is 3.11. The predicted octanol–water partition coefficient (Wildman–Crippen LogP) is 4.87. The maximum Gasteiger partial charge on any atom is 0.340 e. The van der Waals surface area contributed by atoms with E-state index in [0.29, 0.717) is 21.3 Å². The Kier molecular flexibility index (Phi) is 10.1. The van der Waals surface area contributed by atoms with E-state index in [0.717, 1.165) is 6.42 Å². The molecule has 0 radical (unpaired) electrons. The van der Waals surface area contributed by atoms with Gasteiger partial charge in [0.1, 0.15) is 0 Å². The summed E-state index contributed by atoms with van der Waals surface area (Å²) in [5, 5.41) is 4.41. The lowest BCUT2D eigenvalue weighted by Crippen LogP contribution is -2.45. The Bertz CT molecular complexity index is 858. The van der Waals surface area contributed by atoms with Crippen molar-refractivity contribution in [1.29, 1.82) is 0 Å². The van der Waals surface area contributed by atoms with Crippen LogP contribution in [0, 0.1) is 0 Å². The fraction of sp³-hybridized carbons (Fsp3) is 0.474. The lowest BCUT2D eigenvalue weighted by Gasteiger charge is -2.26. The van der Waals surface area contributed by atoms with Crippen molar-refractivity contribution >= 4 is 74.4 Å². The van der Waals surface area contributed by atoms with Crippen LogP contribution in [0.3, 0.4) is 0 Å². The zero-order chi connectivity index (χ0) is 23.2. The third-order valence-corrected chi connectivity index (χ3v) is 5.60. The lowest BCUT2D eigenvalue weighted by molar-refractivity contribution is -0.138. The molecule has 30 heavy (non-hydrogen) atoms. The minimum absolute atomic E-state index is 0.00143. The molecule has 0 bridgehead atoms. The van der Waals surface area contributed by atoms with Crippen molar-refractivity contribution in [2.24, 2.45) is 4.99 Å². The standard InChI is InChI=1S/C19H23BrCl3N3O4/c1-6-9(4)24-15-11(7-2)12(16(27)30-8-3)14(10(5)13(15)20)25-18(29)26-17(28)19(21,22)23/h7,9H,6,8H2,1-5H3,(H2,25,26,28,29)/b11-7-,24-15?. The molecule has 1 aliphatic rings. The van der Waals surface area contributed by atoms with E-state index < -0.39 is 21.7 Å². The normalized spacial score (nSPS) is 18.6. The number of amides is 3. The Labute approximate surface area is 199 Å². The van der Waals surface area contributed by atoms with Crippen molar-refractivity contribution in [3.05, 3.63) is 33.0 Å². The van der Waals surface area contributed by atoms with E-state index >= 15 is 0 Å². The van der Waals surface area contributed by atoms with Crippen molar-refractivity contribution in [2.75, 3.05) is 6.61 Å². The largest absolute Gasteiger partial charge is 0.462 e. The first-order valence-corrected chi connectivity index (χ1v) is 11.0. The summed E-state index contributed by atoms with van der Waals surface area (Å²) < 4.78 is 3.46. The Morgan fingerprint density at radius 1 is 1.27 bits per heavy atom. The lowest BCUT2D eigenvalue weighted by atomic mass is 9.89. The molecule has 1 unspecified atom stereocenters. The van der Waals surface area contributed by atoms with Crippen LogP contribution < -0.4 is 10.6 Å². The van der Waals surface area contributed by atoms with Crippen LogP contribution in [0.15, 0.2) is 38.0 Å². The molecular formula is C19H23BrCl3N3O4. The molecule has 3 amide bonds. The minimum atomic E-state index is -2.32. The van der Waals surface area contributed by atoms with Crippen LogP contribution in [0.25, 0.3) is 0 Å². The van der Waals surface area contributed by atoms with Crippen molar-refractivity contribution < 1.29 is 19.1 Å². The van der Waals surface area contributed by atoms with E-state index in [9.17, 15) is 14.4 Å². The van der Waals surface area contributed by atoms with Gasteiger partial charge in [-0.25, -0.2) is 9.59 Å². The van der Waals surface area contributed by atoms with Crippen LogP contribution >= 0.6 is 50.7 Å². The average Bonchev–Trinajstić information content (AvgIpc) is 2.66. The van der Waals surface area contributed by atoms with Gasteiger partial charge in [-0.15, -0.1) is 0 Å². The highest BCUT2D eigenvalue weighted by Gasteiger charge is 2.35. The van der Waals surface area contributed by atoms with Gasteiger partial charge in [0.2, 0.25) is 0 Å². The number of allylic oxidation sites excluding steroid dienone is 3. The highest BCUT2D eigenvalue weighted by molar-refractivity contribution is 9.12. The zero-order valence-electron chi connectivity index (χ0n) is 17.2. The third-order valence-electron chi connectivity index (χ3n) is 4.12. The van der Waals surface area contributed by atoms with Crippen LogP contribution in [0.1, 0.15) is 41.0 Å². The summed E-state index contributed by atoms with van der Waals surface area (Å²) in [6.45, 7) is 9.18. The van der Waals surface area contributed by atoms with Crippen molar-refractivity contribution in [2.45, 2.75) is 50.9 Å². The fourth-order valence-electron chi connectivity index (χ4n) is 2.46.